The summed E-state index contributed by atoms with van der Waals surface area (Å²) in [6, 6.07) is 9.30. The van der Waals surface area contributed by atoms with Crippen LogP contribution in [0.15, 0.2) is 35.1 Å². The molecule has 0 spiro atoms. The average molecular weight is 368 g/mol. The lowest BCUT2D eigenvalue weighted by Crippen LogP contribution is -2.38. The van der Waals surface area contributed by atoms with Crippen LogP contribution in [0.3, 0.4) is 0 Å². The van der Waals surface area contributed by atoms with Gasteiger partial charge in [0.1, 0.15) is 5.69 Å². The molecule has 0 aliphatic carbocycles. The minimum absolute atomic E-state index is 0.0152. The SMILES string of the molecule is CC(C)Cc1cc(C(=O)NCC2CC(=O)N(C)c3ccccc32)nc(=O)[nH]1. The molecule has 1 unspecified atom stereocenters. The van der Waals surface area contributed by atoms with Gasteiger partial charge in [-0.25, -0.2) is 4.79 Å². The smallest absolute Gasteiger partial charge is 0.345 e. The molecule has 0 fully saturated rings. The molecule has 0 saturated heterocycles. The van der Waals surface area contributed by atoms with E-state index in [2.05, 4.69) is 15.3 Å². The average Bonchev–Trinajstić information content (AvgIpc) is 2.62. The highest BCUT2D eigenvalue weighted by atomic mass is 16.2. The molecule has 1 aliphatic rings. The number of hydrogen-bond acceptors (Lipinski definition) is 4. The second-order valence-corrected chi connectivity index (χ2v) is 7.32. The van der Waals surface area contributed by atoms with Crippen molar-refractivity contribution < 1.29 is 9.59 Å². The number of carbonyl (C=O) groups excluding carboxylic acids is 2. The zero-order chi connectivity index (χ0) is 19.6. The van der Waals surface area contributed by atoms with Gasteiger partial charge in [-0.3, -0.25) is 9.59 Å². The van der Waals surface area contributed by atoms with Gasteiger partial charge in [0.25, 0.3) is 5.91 Å². The van der Waals surface area contributed by atoms with Crippen molar-refractivity contribution in [2.45, 2.75) is 32.6 Å². The predicted molar refractivity (Wildman–Crippen MR) is 103 cm³/mol. The minimum atomic E-state index is -0.530. The Bertz CT molecular complexity index is 919. The molecule has 0 saturated carbocycles. The van der Waals surface area contributed by atoms with Crippen LogP contribution in [0.5, 0.6) is 0 Å². The number of H-pyrrole nitrogens is 1. The fraction of sp³-hybridized carbons (Fsp3) is 0.400. The lowest BCUT2D eigenvalue weighted by Gasteiger charge is -2.31. The fourth-order valence-electron chi connectivity index (χ4n) is 3.39. The Hall–Kier alpha value is -2.96. The summed E-state index contributed by atoms with van der Waals surface area (Å²) >= 11 is 0. The van der Waals surface area contributed by atoms with Crippen molar-refractivity contribution in [3.63, 3.8) is 0 Å². The summed E-state index contributed by atoms with van der Waals surface area (Å²) in [5.74, 6) is -0.150. The van der Waals surface area contributed by atoms with E-state index >= 15 is 0 Å². The number of fused-ring (bicyclic) bond motifs is 1. The van der Waals surface area contributed by atoms with Crippen molar-refractivity contribution in [2.75, 3.05) is 18.5 Å². The van der Waals surface area contributed by atoms with Gasteiger partial charge in [0.2, 0.25) is 5.91 Å². The van der Waals surface area contributed by atoms with Gasteiger partial charge < -0.3 is 15.2 Å². The molecule has 142 valence electrons. The third kappa shape index (κ3) is 4.24. The largest absolute Gasteiger partial charge is 0.350 e. The highest BCUT2D eigenvalue weighted by molar-refractivity contribution is 5.97. The number of nitrogens with one attached hydrogen (secondary N) is 2. The van der Waals surface area contributed by atoms with Gasteiger partial charge in [-0.05, 0) is 30.0 Å². The van der Waals surface area contributed by atoms with Gasteiger partial charge in [-0.2, -0.15) is 4.98 Å². The van der Waals surface area contributed by atoms with Crippen LogP contribution < -0.4 is 15.9 Å². The molecule has 3 rings (SSSR count). The van der Waals surface area contributed by atoms with Crippen molar-refractivity contribution in [1.82, 2.24) is 15.3 Å². The van der Waals surface area contributed by atoms with E-state index in [1.54, 1.807) is 18.0 Å². The Morgan fingerprint density at radius 1 is 1.33 bits per heavy atom. The number of hydrogen-bond donors (Lipinski definition) is 2. The van der Waals surface area contributed by atoms with Gasteiger partial charge in [0.15, 0.2) is 0 Å². The number of amides is 2. The molecular formula is C20H24N4O3. The molecule has 1 atom stereocenters. The number of carbonyl (C=O) groups is 2. The number of benzene rings is 1. The first kappa shape index (κ1) is 18.8. The van der Waals surface area contributed by atoms with E-state index in [9.17, 15) is 14.4 Å². The Labute approximate surface area is 157 Å². The molecule has 27 heavy (non-hydrogen) atoms. The van der Waals surface area contributed by atoms with Gasteiger partial charge in [-0.15, -0.1) is 0 Å². The van der Waals surface area contributed by atoms with E-state index in [4.69, 9.17) is 0 Å². The van der Waals surface area contributed by atoms with Gasteiger partial charge >= 0.3 is 5.69 Å². The third-order valence-corrected chi connectivity index (χ3v) is 4.70. The van der Waals surface area contributed by atoms with Crippen LogP contribution in [0.25, 0.3) is 0 Å². The highest BCUT2D eigenvalue weighted by Crippen LogP contribution is 2.34. The summed E-state index contributed by atoms with van der Waals surface area (Å²) in [4.78, 5) is 44.6. The van der Waals surface area contributed by atoms with E-state index in [0.29, 0.717) is 31.0 Å². The molecule has 2 N–H and O–H groups in total. The van der Waals surface area contributed by atoms with Gasteiger partial charge in [0, 0.05) is 37.3 Å². The van der Waals surface area contributed by atoms with Gasteiger partial charge in [-0.1, -0.05) is 32.0 Å². The normalized spacial score (nSPS) is 16.4. The Kier molecular flexibility index (Phi) is 5.39. The van der Waals surface area contributed by atoms with Crippen LogP contribution in [0.2, 0.25) is 0 Å². The second-order valence-electron chi connectivity index (χ2n) is 7.32. The zero-order valence-corrected chi connectivity index (χ0v) is 15.8. The number of nitrogens with zero attached hydrogens (tertiary/aromatic N) is 2. The summed E-state index contributed by atoms with van der Waals surface area (Å²) in [6.07, 6.45) is 0.990. The Balaban J connectivity index is 1.75. The van der Waals surface area contributed by atoms with Crippen molar-refractivity contribution in [3.05, 3.63) is 57.8 Å². The van der Waals surface area contributed by atoms with Crippen LogP contribution in [0.4, 0.5) is 5.69 Å². The maximum Gasteiger partial charge on any atom is 0.345 e. The van der Waals surface area contributed by atoms with E-state index in [0.717, 1.165) is 11.3 Å². The molecule has 1 aliphatic heterocycles. The standard InChI is InChI=1S/C20H24N4O3/c1-12(2)8-14-10-16(23-20(27)22-14)19(26)21-11-13-9-18(25)24(3)17-7-5-4-6-15(13)17/h4-7,10,12-13H,8-9,11H2,1-3H3,(H,21,26)(H,22,23,27). The highest BCUT2D eigenvalue weighted by Gasteiger charge is 2.29. The van der Waals surface area contributed by atoms with E-state index in [-0.39, 0.29) is 17.5 Å². The summed E-state index contributed by atoms with van der Waals surface area (Å²) < 4.78 is 0. The van der Waals surface area contributed by atoms with E-state index < -0.39 is 11.6 Å². The number of aromatic nitrogens is 2. The molecular weight excluding hydrogens is 344 g/mol. The van der Waals surface area contributed by atoms with Crippen LogP contribution in [0.1, 0.15) is 47.9 Å². The maximum atomic E-state index is 12.5. The Morgan fingerprint density at radius 2 is 2.07 bits per heavy atom. The number of anilines is 1. The molecule has 7 heteroatoms. The zero-order valence-electron chi connectivity index (χ0n) is 15.8. The fourth-order valence-corrected chi connectivity index (χ4v) is 3.39. The first-order chi connectivity index (χ1) is 12.8. The molecule has 0 radical (unpaired) electrons. The van der Waals surface area contributed by atoms with E-state index in [1.165, 1.54) is 0 Å². The maximum absolute atomic E-state index is 12.5. The topological polar surface area (TPSA) is 95.2 Å². The number of aromatic amines is 1. The van der Waals surface area contributed by atoms with Gasteiger partial charge in [0.05, 0.1) is 0 Å². The minimum Gasteiger partial charge on any atom is -0.350 e. The molecule has 1 aromatic carbocycles. The lowest BCUT2D eigenvalue weighted by molar-refractivity contribution is -0.119. The van der Waals surface area contributed by atoms with Crippen molar-refractivity contribution in [1.29, 1.82) is 0 Å². The van der Waals surface area contributed by atoms with Crippen LogP contribution >= 0.6 is 0 Å². The molecule has 1 aromatic heterocycles. The molecule has 2 amide bonds. The summed E-state index contributed by atoms with van der Waals surface area (Å²) in [7, 11) is 1.76. The van der Waals surface area contributed by atoms with Crippen molar-refractivity contribution in [2.24, 2.45) is 5.92 Å². The lowest BCUT2D eigenvalue weighted by atomic mass is 9.89. The first-order valence-corrected chi connectivity index (χ1v) is 9.09. The third-order valence-electron chi connectivity index (χ3n) is 4.70. The summed E-state index contributed by atoms with van der Waals surface area (Å²) in [5, 5.41) is 2.83. The molecule has 2 aromatic rings. The molecule has 7 nitrogen and oxygen atoms in total. The molecule has 2 heterocycles. The van der Waals surface area contributed by atoms with Crippen LogP contribution in [0, 0.1) is 5.92 Å². The second kappa shape index (κ2) is 7.73. The quantitative estimate of drug-likeness (QED) is 0.842. The number of para-hydroxylation sites is 1. The molecule has 0 bridgehead atoms. The Morgan fingerprint density at radius 3 is 2.81 bits per heavy atom. The van der Waals surface area contributed by atoms with Crippen LogP contribution in [-0.4, -0.2) is 35.4 Å². The monoisotopic (exact) mass is 368 g/mol. The van der Waals surface area contributed by atoms with E-state index in [1.807, 2.05) is 38.1 Å². The summed E-state index contributed by atoms with van der Waals surface area (Å²) in [6.45, 7) is 4.38. The predicted octanol–water partition coefficient (Wildman–Crippen LogP) is 1.85. The van der Waals surface area contributed by atoms with Crippen molar-refractivity contribution >= 4 is 17.5 Å². The van der Waals surface area contributed by atoms with Crippen LogP contribution in [-0.2, 0) is 11.2 Å². The van der Waals surface area contributed by atoms with Crippen molar-refractivity contribution in [3.8, 4) is 0 Å². The summed E-state index contributed by atoms with van der Waals surface area (Å²) in [5.41, 5.74) is 2.15. The first-order valence-electron chi connectivity index (χ1n) is 9.09. The number of rotatable bonds is 5.